The standard InChI is InChI=1S/C25H43NO3/c1-5-20-17(13-16(3)7-10-23(29)26-6-2)8-9-21-24(20)22(28)15-18-14-19(27)11-12-25(18,21)4/h16-21,24,27H,5-15H2,1-4H3,(H,26,29)/t16?,17?,18-,19?,20?,21?,24?,25-/m0/s1. The molecule has 0 aromatic heterocycles. The number of carbonyl (C=O) groups excluding carboxylic acids is 2. The van der Waals surface area contributed by atoms with Gasteiger partial charge in [-0.05, 0) is 86.9 Å². The summed E-state index contributed by atoms with van der Waals surface area (Å²) in [5.41, 5.74) is 0.236. The molecule has 4 nitrogen and oxygen atoms in total. The Balaban J connectivity index is 1.66. The topological polar surface area (TPSA) is 66.4 Å². The summed E-state index contributed by atoms with van der Waals surface area (Å²) in [7, 11) is 0. The summed E-state index contributed by atoms with van der Waals surface area (Å²) in [4.78, 5) is 25.1. The van der Waals surface area contributed by atoms with E-state index in [1.165, 1.54) is 12.8 Å². The predicted octanol–water partition coefficient (Wildman–Crippen LogP) is 4.74. The van der Waals surface area contributed by atoms with Crippen molar-refractivity contribution in [3.05, 3.63) is 0 Å². The van der Waals surface area contributed by atoms with Crippen LogP contribution in [0.25, 0.3) is 0 Å². The average Bonchev–Trinajstić information content (AvgIpc) is 2.68. The number of fused-ring (bicyclic) bond motifs is 3. The van der Waals surface area contributed by atoms with Crippen LogP contribution in [0.4, 0.5) is 0 Å². The van der Waals surface area contributed by atoms with Gasteiger partial charge in [-0.1, -0.05) is 27.2 Å². The van der Waals surface area contributed by atoms with E-state index in [1.807, 2.05) is 6.92 Å². The van der Waals surface area contributed by atoms with Gasteiger partial charge in [-0.2, -0.15) is 0 Å². The molecule has 6 unspecified atom stereocenters. The molecule has 0 aromatic carbocycles. The number of ketones is 1. The summed E-state index contributed by atoms with van der Waals surface area (Å²) in [6.45, 7) is 9.64. The first-order chi connectivity index (χ1) is 13.8. The van der Waals surface area contributed by atoms with Gasteiger partial charge >= 0.3 is 0 Å². The van der Waals surface area contributed by atoms with Gasteiger partial charge in [-0.3, -0.25) is 9.59 Å². The number of rotatable bonds is 7. The fourth-order valence-corrected chi connectivity index (χ4v) is 7.34. The van der Waals surface area contributed by atoms with Crippen LogP contribution in [0.1, 0.15) is 91.9 Å². The second kappa shape index (κ2) is 9.49. The van der Waals surface area contributed by atoms with E-state index in [0.29, 0.717) is 54.8 Å². The number of hydrogen-bond donors (Lipinski definition) is 2. The summed E-state index contributed by atoms with van der Waals surface area (Å²) in [5, 5.41) is 13.1. The van der Waals surface area contributed by atoms with Crippen LogP contribution in [0.3, 0.4) is 0 Å². The minimum absolute atomic E-state index is 0.163. The van der Waals surface area contributed by atoms with Crippen LogP contribution < -0.4 is 5.32 Å². The minimum atomic E-state index is -0.207. The first kappa shape index (κ1) is 22.8. The molecule has 1 amide bonds. The van der Waals surface area contributed by atoms with Crippen molar-refractivity contribution in [2.24, 2.45) is 40.9 Å². The van der Waals surface area contributed by atoms with E-state index in [-0.39, 0.29) is 23.3 Å². The smallest absolute Gasteiger partial charge is 0.219 e. The van der Waals surface area contributed by atoms with Gasteiger partial charge in [0.25, 0.3) is 0 Å². The van der Waals surface area contributed by atoms with Gasteiger partial charge in [-0.25, -0.2) is 0 Å². The average molecular weight is 406 g/mol. The van der Waals surface area contributed by atoms with Crippen molar-refractivity contribution in [3.63, 3.8) is 0 Å². The summed E-state index contributed by atoms with van der Waals surface area (Å²) >= 11 is 0. The molecule has 3 fully saturated rings. The summed E-state index contributed by atoms with van der Waals surface area (Å²) in [5.74, 6) is 3.40. The minimum Gasteiger partial charge on any atom is -0.393 e. The number of Topliss-reactive ketones (excluding diaryl/α,β-unsaturated/α-hetero) is 1. The molecule has 2 N–H and O–H groups in total. The van der Waals surface area contributed by atoms with Crippen LogP contribution in [0.2, 0.25) is 0 Å². The van der Waals surface area contributed by atoms with Gasteiger partial charge in [0, 0.05) is 25.3 Å². The Hall–Kier alpha value is -0.900. The number of hydrogen-bond acceptors (Lipinski definition) is 3. The number of amides is 1. The monoisotopic (exact) mass is 405 g/mol. The molecular weight excluding hydrogens is 362 g/mol. The lowest BCUT2D eigenvalue weighted by molar-refractivity contribution is -0.155. The van der Waals surface area contributed by atoms with E-state index in [9.17, 15) is 14.7 Å². The molecule has 8 atom stereocenters. The van der Waals surface area contributed by atoms with Gasteiger partial charge < -0.3 is 10.4 Å². The van der Waals surface area contributed by atoms with E-state index in [4.69, 9.17) is 0 Å². The molecule has 3 aliphatic carbocycles. The SMILES string of the molecule is CCNC(=O)CCC(C)CC1CCC2C(C(=O)C[C@@H]3CC(O)CC[C@]23C)C1CC. The van der Waals surface area contributed by atoms with Gasteiger partial charge in [0.1, 0.15) is 5.78 Å². The highest BCUT2D eigenvalue weighted by atomic mass is 16.3. The van der Waals surface area contributed by atoms with E-state index >= 15 is 0 Å². The fraction of sp³-hybridized carbons (Fsp3) is 0.920. The van der Waals surface area contributed by atoms with Crippen LogP contribution in [0.5, 0.6) is 0 Å². The maximum atomic E-state index is 13.3. The zero-order valence-electron chi connectivity index (χ0n) is 19.1. The second-order valence-corrected chi connectivity index (χ2v) is 10.7. The first-order valence-corrected chi connectivity index (χ1v) is 12.3. The normalized spacial score (nSPS) is 40.7. The fourth-order valence-electron chi connectivity index (χ4n) is 7.34. The largest absolute Gasteiger partial charge is 0.393 e. The molecule has 0 radical (unpaired) electrons. The molecule has 166 valence electrons. The van der Waals surface area contributed by atoms with E-state index < -0.39 is 0 Å². The molecule has 4 heteroatoms. The Morgan fingerprint density at radius 2 is 2.03 bits per heavy atom. The highest BCUT2D eigenvalue weighted by Crippen LogP contribution is 2.60. The molecule has 0 heterocycles. The second-order valence-electron chi connectivity index (χ2n) is 10.7. The molecule has 3 rings (SSSR count). The van der Waals surface area contributed by atoms with Crippen molar-refractivity contribution >= 4 is 11.7 Å². The Kier molecular flexibility index (Phi) is 7.46. The van der Waals surface area contributed by atoms with Gasteiger partial charge in [0.05, 0.1) is 6.10 Å². The predicted molar refractivity (Wildman–Crippen MR) is 116 cm³/mol. The molecule has 0 aromatic rings. The summed E-state index contributed by atoms with van der Waals surface area (Å²) in [6, 6.07) is 0. The molecule has 0 spiro atoms. The number of carbonyl (C=O) groups is 2. The highest BCUT2D eigenvalue weighted by molar-refractivity contribution is 5.83. The van der Waals surface area contributed by atoms with Crippen LogP contribution in [0.15, 0.2) is 0 Å². The third-order valence-electron chi connectivity index (χ3n) is 8.94. The van der Waals surface area contributed by atoms with Gasteiger partial charge in [0.2, 0.25) is 5.91 Å². The van der Waals surface area contributed by atoms with Crippen molar-refractivity contribution in [2.45, 2.75) is 98.0 Å². The van der Waals surface area contributed by atoms with Crippen LogP contribution in [0, 0.1) is 40.9 Å². The van der Waals surface area contributed by atoms with Gasteiger partial charge in [-0.15, -0.1) is 0 Å². The summed E-state index contributed by atoms with van der Waals surface area (Å²) in [6.07, 6.45) is 9.47. The number of aliphatic hydroxyl groups is 1. The lowest BCUT2D eigenvalue weighted by Gasteiger charge is -2.58. The Morgan fingerprint density at radius 1 is 1.28 bits per heavy atom. The zero-order chi connectivity index (χ0) is 21.2. The van der Waals surface area contributed by atoms with E-state index in [0.717, 1.165) is 38.5 Å². The molecule has 3 saturated carbocycles. The Bertz CT molecular complexity index is 591. The van der Waals surface area contributed by atoms with Crippen LogP contribution in [-0.2, 0) is 9.59 Å². The number of nitrogens with one attached hydrogen (secondary N) is 1. The lowest BCUT2D eigenvalue weighted by atomic mass is 9.46. The van der Waals surface area contributed by atoms with Crippen LogP contribution >= 0.6 is 0 Å². The molecule has 3 aliphatic rings. The quantitative estimate of drug-likeness (QED) is 0.643. The number of aliphatic hydroxyl groups excluding tert-OH is 1. The third kappa shape index (κ3) is 4.73. The van der Waals surface area contributed by atoms with Crippen molar-refractivity contribution < 1.29 is 14.7 Å². The summed E-state index contributed by atoms with van der Waals surface area (Å²) < 4.78 is 0. The van der Waals surface area contributed by atoms with E-state index in [1.54, 1.807) is 0 Å². The lowest BCUT2D eigenvalue weighted by Crippen LogP contribution is -2.55. The van der Waals surface area contributed by atoms with E-state index in [2.05, 4.69) is 26.1 Å². The van der Waals surface area contributed by atoms with Crippen LogP contribution in [-0.4, -0.2) is 29.4 Å². The molecule has 0 aliphatic heterocycles. The van der Waals surface area contributed by atoms with Crippen molar-refractivity contribution in [3.8, 4) is 0 Å². The van der Waals surface area contributed by atoms with Crippen molar-refractivity contribution in [1.29, 1.82) is 0 Å². The zero-order valence-corrected chi connectivity index (χ0v) is 19.1. The molecule has 29 heavy (non-hydrogen) atoms. The maximum Gasteiger partial charge on any atom is 0.219 e. The van der Waals surface area contributed by atoms with Crippen molar-refractivity contribution in [2.75, 3.05) is 6.54 Å². The molecular formula is C25H43NO3. The molecule has 0 bridgehead atoms. The van der Waals surface area contributed by atoms with Crippen molar-refractivity contribution in [1.82, 2.24) is 5.32 Å². The Labute approximate surface area is 177 Å². The Morgan fingerprint density at radius 3 is 2.72 bits per heavy atom. The van der Waals surface area contributed by atoms with Gasteiger partial charge in [0.15, 0.2) is 0 Å². The third-order valence-corrected chi connectivity index (χ3v) is 8.94. The maximum absolute atomic E-state index is 13.3. The highest BCUT2D eigenvalue weighted by Gasteiger charge is 2.57. The molecule has 0 saturated heterocycles. The first-order valence-electron chi connectivity index (χ1n) is 12.3.